The smallest absolute Gasteiger partial charge is 0.227 e. The predicted molar refractivity (Wildman–Crippen MR) is 101 cm³/mol. The van der Waals surface area contributed by atoms with E-state index in [0.29, 0.717) is 23.7 Å². The van der Waals surface area contributed by atoms with Crippen LogP contribution in [0.2, 0.25) is 0 Å². The van der Waals surface area contributed by atoms with Crippen LogP contribution in [-0.2, 0) is 11.2 Å². The summed E-state index contributed by atoms with van der Waals surface area (Å²) < 4.78 is 18.2. The first-order valence-corrected chi connectivity index (χ1v) is 8.55. The van der Waals surface area contributed by atoms with Crippen molar-refractivity contribution in [2.75, 3.05) is 5.32 Å². The average molecular weight is 361 g/mol. The average Bonchev–Trinajstić information content (AvgIpc) is 3.16. The van der Waals surface area contributed by atoms with Gasteiger partial charge in [-0.25, -0.2) is 4.39 Å². The van der Waals surface area contributed by atoms with Crippen LogP contribution < -0.4 is 5.32 Å². The zero-order valence-corrected chi connectivity index (χ0v) is 14.4. The minimum atomic E-state index is -0.326. The van der Waals surface area contributed by atoms with Crippen molar-refractivity contribution in [1.29, 1.82) is 0 Å². The van der Waals surface area contributed by atoms with Crippen molar-refractivity contribution in [3.05, 3.63) is 78.4 Å². The van der Waals surface area contributed by atoms with E-state index >= 15 is 0 Å². The predicted octanol–water partition coefficient (Wildman–Crippen LogP) is 4.60. The highest BCUT2D eigenvalue weighted by molar-refractivity contribution is 6.02. The molecule has 0 aliphatic rings. The van der Waals surface area contributed by atoms with Gasteiger partial charge < -0.3 is 9.84 Å². The minimum Gasteiger partial charge on any atom is -0.339 e. The number of aryl methyl sites for hydroxylation is 1. The number of halogens is 1. The summed E-state index contributed by atoms with van der Waals surface area (Å²) in [6, 6.07) is 19.5. The summed E-state index contributed by atoms with van der Waals surface area (Å²) in [5, 5.41) is 8.86. The van der Waals surface area contributed by atoms with Crippen LogP contribution in [0.1, 0.15) is 12.3 Å². The zero-order chi connectivity index (χ0) is 18.6. The molecule has 1 aromatic heterocycles. The van der Waals surface area contributed by atoms with E-state index in [-0.39, 0.29) is 18.1 Å². The minimum absolute atomic E-state index is 0.132. The Morgan fingerprint density at radius 1 is 1.00 bits per heavy atom. The Morgan fingerprint density at radius 3 is 2.63 bits per heavy atom. The summed E-state index contributed by atoms with van der Waals surface area (Å²) in [6.07, 6.45) is 0.541. The van der Waals surface area contributed by atoms with Gasteiger partial charge in [0, 0.05) is 29.5 Å². The maximum absolute atomic E-state index is 13.0. The van der Waals surface area contributed by atoms with Gasteiger partial charge in [-0.2, -0.15) is 4.98 Å². The second-order valence-electron chi connectivity index (χ2n) is 6.09. The lowest BCUT2D eigenvalue weighted by Crippen LogP contribution is -2.12. The van der Waals surface area contributed by atoms with Crippen molar-refractivity contribution in [2.45, 2.75) is 12.8 Å². The molecule has 4 rings (SSSR count). The fourth-order valence-electron chi connectivity index (χ4n) is 2.84. The molecule has 27 heavy (non-hydrogen) atoms. The van der Waals surface area contributed by atoms with Gasteiger partial charge in [0.2, 0.25) is 17.6 Å². The summed E-state index contributed by atoms with van der Waals surface area (Å²) in [4.78, 5) is 16.6. The van der Waals surface area contributed by atoms with E-state index in [1.165, 1.54) is 12.1 Å². The number of fused-ring (bicyclic) bond motifs is 1. The van der Waals surface area contributed by atoms with Gasteiger partial charge in [-0.3, -0.25) is 4.79 Å². The largest absolute Gasteiger partial charge is 0.339 e. The number of anilines is 1. The summed E-state index contributed by atoms with van der Waals surface area (Å²) >= 11 is 0. The monoisotopic (exact) mass is 361 g/mol. The molecule has 0 fully saturated rings. The van der Waals surface area contributed by atoms with Crippen molar-refractivity contribution in [3.8, 4) is 11.4 Å². The molecule has 1 N–H and O–H groups in total. The third kappa shape index (κ3) is 3.84. The summed E-state index contributed by atoms with van der Waals surface area (Å²) in [7, 11) is 0. The maximum Gasteiger partial charge on any atom is 0.227 e. The third-order valence-corrected chi connectivity index (χ3v) is 4.20. The SMILES string of the molecule is O=C(CCc1nc(-c2ccc(F)cc2)no1)Nc1cccc2ccccc12. The number of carbonyl (C=O) groups excluding carboxylic acids is 1. The van der Waals surface area contributed by atoms with Gasteiger partial charge in [0.25, 0.3) is 0 Å². The van der Waals surface area contributed by atoms with Crippen molar-refractivity contribution in [1.82, 2.24) is 10.1 Å². The van der Waals surface area contributed by atoms with Crippen LogP contribution in [0.5, 0.6) is 0 Å². The molecule has 0 saturated heterocycles. The molecule has 0 radical (unpaired) electrons. The standard InChI is InChI=1S/C21H16FN3O2/c22-16-10-8-15(9-11-16)21-24-20(27-25-21)13-12-19(26)23-18-7-3-5-14-4-1-2-6-17(14)18/h1-11H,12-13H2,(H,23,26). The number of hydrogen-bond acceptors (Lipinski definition) is 4. The molecule has 0 unspecified atom stereocenters. The van der Waals surface area contributed by atoms with E-state index in [4.69, 9.17) is 4.52 Å². The lowest BCUT2D eigenvalue weighted by molar-refractivity contribution is -0.116. The molecular formula is C21H16FN3O2. The van der Waals surface area contributed by atoms with Crippen LogP contribution >= 0.6 is 0 Å². The van der Waals surface area contributed by atoms with E-state index < -0.39 is 0 Å². The van der Waals surface area contributed by atoms with E-state index in [1.807, 2.05) is 42.5 Å². The fraction of sp³-hybridized carbons (Fsp3) is 0.0952. The number of carbonyl (C=O) groups is 1. The molecule has 4 aromatic rings. The molecule has 0 aliphatic heterocycles. The number of aromatic nitrogens is 2. The van der Waals surface area contributed by atoms with Crippen LogP contribution in [0.4, 0.5) is 10.1 Å². The van der Waals surface area contributed by atoms with Gasteiger partial charge in [-0.05, 0) is 35.7 Å². The molecule has 0 aliphatic carbocycles. The molecule has 0 bridgehead atoms. The highest BCUT2D eigenvalue weighted by Gasteiger charge is 2.12. The Kier molecular flexibility index (Phi) is 4.61. The summed E-state index contributed by atoms with van der Waals surface area (Å²) in [6.45, 7) is 0. The third-order valence-electron chi connectivity index (χ3n) is 4.20. The Hall–Kier alpha value is -3.54. The van der Waals surface area contributed by atoms with Crippen LogP contribution in [0.15, 0.2) is 71.3 Å². The van der Waals surface area contributed by atoms with Crippen molar-refractivity contribution >= 4 is 22.4 Å². The molecular weight excluding hydrogens is 345 g/mol. The highest BCUT2D eigenvalue weighted by atomic mass is 19.1. The number of nitrogens with zero attached hydrogens (tertiary/aromatic N) is 2. The number of amides is 1. The van der Waals surface area contributed by atoms with Crippen LogP contribution in [-0.4, -0.2) is 16.0 Å². The van der Waals surface area contributed by atoms with Gasteiger partial charge in [-0.15, -0.1) is 0 Å². The summed E-state index contributed by atoms with van der Waals surface area (Å²) in [5.41, 5.74) is 1.43. The van der Waals surface area contributed by atoms with Crippen LogP contribution in [0.25, 0.3) is 22.2 Å². The number of nitrogens with one attached hydrogen (secondary N) is 1. The van der Waals surface area contributed by atoms with Gasteiger partial charge in [0.15, 0.2) is 0 Å². The van der Waals surface area contributed by atoms with E-state index in [1.54, 1.807) is 12.1 Å². The number of rotatable bonds is 5. The maximum atomic E-state index is 13.0. The quantitative estimate of drug-likeness (QED) is 0.564. The Bertz CT molecular complexity index is 1080. The molecule has 0 atom stereocenters. The number of hydrogen-bond donors (Lipinski definition) is 1. The normalized spacial score (nSPS) is 10.9. The molecule has 0 saturated carbocycles. The van der Waals surface area contributed by atoms with Crippen molar-refractivity contribution < 1.29 is 13.7 Å². The zero-order valence-electron chi connectivity index (χ0n) is 14.4. The molecule has 3 aromatic carbocycles. The van der Waals surface area contributed by atoms with Gasteiger partial charge in [-0.1, -0.05) is 41.6 Å². The van der Waals surface area contributed by atoms with E-state index in [9.17, 15) is 9.18 Å². The first-order chi connectivity index (χ1) is 13.2. The lowest BCUT2D eigenvalue weighted by atomic mass is 10.1. The first kappa shape index (κ1) is 16.9. The Labute approximate surface area is 154 Å². The second-order valence-corrected chi connectivity index (χ2v) is 6.09. The molecule has 6 heteroatoms. The Morgan fingerprint density at radius 2 is 1.78 bits per heavy atom. The van der Waals surface area contributed by atoms with Crippen LogP contribution in [0.3, 0.4) is 0 Å². The number of benzene rings is 3. The van der Waals surface area contributed by atoms with E-state index in [2.05, 4.69) is 15.5 Å². The topological polar surface area (TPSA) is 68.0 Å². The highest BCUT2D eigenvalue weighted by Crippen LogP contribution is 2.23. The van der Waals surface area contributed by atoms with Crippen molar-refractivity contribution in [2.24, 2.45) is 0 Å². The van der Waals surface area contributed by atoms with Gasteiger partial charge in [0.1, 0.15) is 5.82 Å². The molecule has 134 valence electrons. The second kappa shape index (κ2) is 7.37. The molecule has 1 heterocycles. The molecule has 1 amide bonds. The van der Waals surface area contributed by atoms with Crippen LogP contribution in [0, 0.1) is 5.82 Å². The van der Waals surface area contributed by atoms with Crippen molar-refractivity contribution in [3.63, 3.8) is 0 Å². The van der Waals surface area contributed by atoms with Gasteiger partial charge in [0.05, 0.1) is 0 Å². The lowest BCUT2D eigenvalue weighted by Gasteiger charge is -2.08. The fourth-order valence-corrected chi connectivity index (χ4v) is 2.84. The Balaban J connectivity index is 1.40. The summed E-state index contributed by atoms with van der Waals surface area (Å²) in [5.74, 6) is 0.280. The first-order valence-electron chi connectivity index (χ1n) is 8.55. The molecule has 5 nitrogen and oxygen atoms in total. The van der Waals surface area contributed by atoms with Gasteiger partial charge >= 0.3 is 0 Å². The molecule has 0 spiro atoms. The van der Waals surface area contributed by atoms with E-state index in [0.717, 1.165) is 16.5 Å².